The second-order valence-electron chi connectivity index (χ2n) is 4.76. The molecule has 0 amide bonds. The summed E-state index contributed by atoms with van der Waals surface area (Å²) in [7, 11) is 1.61. The van der Waals surface area contributed by atoms with Crippen LogP contribution in [-0.4, -0.2) is 16.7 Å². The Morgan fingerprint density at radius 1 is 1.29 bits per heavy atom. The minimum absolute atomic E-state index is 0.259. The third kappa shape index (κ3) is 2.25. The molecular weight excluding hydrogens is 291 g/mol. The van der Waals surface area contributed by atoms with Gasteiger partial charge in [-0.15, -0.1) is 11.6 Å². The fourth-order valence-electron chi connectivity index (χ4n) is 2.51. The summed E-state index contributed by atoms with van der Waals surface area (Å²) in [5, 5.41) is 0. The van der Waals surface area contributed by atoms with E-state index in [2.05, 4.69) is 4.98 Å². The molecule has 0 fully saturated rings. The number of methoxy groups -OCH3 is 1. The Balaban J connectivity index is 2.35. The highest BCUT2D eigenvalue weighted by Crippen LogP contribution is 2.30. The van der Waals surface area contributed by atoms with E-state index in [-0.39, 0.29) is 11.7 Å². The number of halogens is 2. The highest BCUT2D eigenvalue weighted by molar-refractivity contribution is 6.17. The Hall–Kier alpha value is -2.07. The zero-order valence-corrected chi connectivity index (χ0v) is 12.5. The normalized spacial score (nSPS) is 11.0. The van der Waals surface area contributed by atoms with Gasteiger partial charge < -0.3 is 4.74 Å². The average Bonchev–Trinajstić information content (AvgIpc) is 2.85. The van der Waals surface area contributed by atoms with Crippen molar-refractivity contribution in [3.05, 3.63) is 53.6 Å². The van der Waals surface area contributed by atoms with E-state index in [1.54, 1.807) is 13.2 Å². The van der Waals surface area contributed by atoms with Gasteiger partial charge in [0.15, 0.2) is 0 Å². The lowest BCUT2D eigenvalue weighted by atomic mass is 10.2. The van der Waals surface area contributed by atoms with Crippen molar-refractivity contribution in [1.82, 2.24) is 9.55 Å². The molecule has 1 heterocycles. The highest BCUT2D eigenvalue weighted by Gasteiger charge is 2.16. The summed E-state index contributed by atoms with van der Waals surface area (Å²) in [6, 6.07) is 10.4. The molecule has 0 aliphatic rings. The summed E-state index contributed by atoms with van der Waals surface area (Å²) in [4.78, 5) is 4.55. The van der Waals surface area contributed by atoms with Crippen LogP contribution >= 0.6 is 11.6 Å². The molecule has 108 valence electrons. The maximum Gasteiger partial charge on any atom is 0.146 e. The predicted octanol–water partition coefficient (Wildman–Crippen LogP) is 4.22. The maximum absolute atomic E-state index is 13.3. The monoisotopic (exact) mass is 304 g/mol. The zero-order chi connectivity index (χ0) is 15.0. The van der Waals surface area contributed by atoms with Crippen LogP contribution in [0, 0.1) is 12.7 Å². The number of hydrogen-bond donors (Lipinski definition) is 0. The molecule has 0 atom stereocenters. The van der Waals surface area contributed by atoms with E-state index in [0.29, 0.717) is 11.6 Å². The summed E-state index contributed by atoms with van der Waals surface area (Å²) in [6.07, 6.45) is 0. The van der Waals surface area contributed by atoms with Crippen LogP contribution < -0.4 is 4.74 Å². The number of aromatic nitrogens is 2. The third-order valence-corrected chi connectivity index (χ3v) is 3.70. The van der Waals surface area contributed by atoms with Crippen molar-refractivity contribution in [2.45, 2.75) is 12.8 Å². The molecule has 0 radical (unpaired) electrons. The quantitative estimate of drug-likeness (QED) is 0.677. The first-order chi connectivity index (χ1) is 10.2. The number of aryl methyl sites for hydroxylation is 1. The molecule has 21 heavy (non-hydrogen) atoms. The van der Waals surface area contributed by atoms with Crippen LogP contribution in [0.5, 0.6) is 5.75 Å². The number of hydrogen-bond acceptors (Lipinski definition) is 2. The summed E-state index contributed by atoms with van der Waals surface area (Å²) in [6.45, 7) is 1.86. The molecule has 2 aromatic carbocycles. The van der Waals surface area contributed by atoms with Crippen molar-refractivity contribution in [2.24, 2.45) is 0 Å². The lowest BCUT2D eigenvalue weighted by molar-refractivity contribution is 0.419. The van der Waals surface area contributed by atoms with Gasteiger partial charge in [-0.2, -0.15) is 0 Å². The molecule has 0 saturated carbocycles. The van der Waals surface area contributed by atoms with Crippen molar-refractivity contribution in [3.63, 3.8) is 0 Å². The largest absolute Gasteiger partial charge is 0.494 e. The fourth-order valence-corrected chi connectivity index (χ4v) is 2.69. The first-order valence-corrected chi connectivity index (χ1v) is 7.06. The van der Waals surface area contributed by atoms with Crippen molar-refractivity contribution >= 4 is 22.6 Å². The molecule has 0 aliphatic carbocycles. The molecule has 0 saturated heterocycles. The first kappa shape index (κ1) is 13.9. The summed E-state index contributed by atoms with van der Waals surface area (Å²) >= 11 is 6.03. The van der Waals surface area contributed by atoms with Crippen molar-refractivity contribution in [3.8, 4) is 11.4 Å². The van der Waals surface area contributed by atoms with E-state index in [9.17, 15) is 4.39 Å². The second kappa shape index (κ2) is 5.37. The first-order valence-electron chi connectivity index (χ1n) is 6.52. The van der Waals surface area contributed by atoms with Gasteiger partial charge in [0.05, 0.1) is 24.2 Å². The van der Waals surface area contributed by atoms with Crippen molar-refractivity contribution in [1.29, 1.82) is 0 Å². The molecule has 0 unspecified atom stereocenters. The Labute approximate surface area is 126 Å². The van der Waals surface area contributed by atoms with E-state index in [1.807, 2.05) is 29.7 Å². The van der Waals surface area contributed by atoms with Gasteiger partial charge in [-0.3, -0.25) is 4.57 Å². The van der Waals surface area contributed by atoms with E-state index >= 15 is 0 Å². The summed E-state index contributed by atoms with van der Waals surface area (Å²) in [5.41, 5.74) is 3.32. The number of benzene rings is 2. The van der Waals surface area contributed by atoms with Gasteiger partial charge >= 0.3 is 0 Å². The van der Waals surface area contributed by atoms with Gasteiger partial charge in [-0.25, -0.2) is 9.37 Å². The second-order valence-corrected chi connectivity index (χ2v) is 5.02. The number of fused-ring (bicyclic) bond motifs is 1. The van der Waals surface area contributed by atoms with Crippen LogP contribution in [0.25, 0.3) is 16.7 Å². The molecule has 3 nitrogen and oxygen atoms in total. The zero-order valence-electron chi connectivity index (χ0n) is 11.7. The lowest BCUT2D eigenvalue weighted by Crippen LogP contribution is -2.01. The molecular formula is C16H14ClFN2O. The Kier molecular flexibility index (Phi) is 3.55. The minimum Gasteiger partial charge on any atom is -0.494 e. The Bertz CT molecular complexity index is 813. The maximum atomic E-state index is 13.3. The van der Waals surface area contributed by atoms with Crippen LogP contribution in [0.4, 0.5) is 4.39 Å². The minimum atomic E-state index is -0.259. The third-order valence-electron chi connectivity index (χ3n) is 3.46. The number of alkyl halides is 1. The standard InChI is InChI=1S/C16H14ClFN2O/c1-10-8-11(18)6-7-12(10)20-13-4-3-5-14(21-2)16(13)19-15(20)9-17/h3-8H,9H2,1-2H3. The number of ether oxygens (including phenoxy) is 1. The van der Waals surface area contributed by atoms with E-state index in [1.165, 1.54) is 12.1 Å². The fraction of sp³-hybridized carbons (Fsp3) is 0.188. The van der Waals surface area contributed by atoms with Gasteiger partial charge in [0.1, 0.15) is 22.9 Å². The van der Waals surface area contributed by atoms with Crippen molar-refractivity contribution in [2.75, 3.05) is 7.11 Å². The molecule has 3 rings (SSSR count). The van der Waals surface area contributed by atoms with Crippen LogP contribution in [0.1, 0.15) is 11.4 Å². The number of rotatable bonds is 3. The number of para-hydroxylation sites is 1. The average molecular weight is 305 g/mol. The van der Waals surface area contributed by atoms with Gasteiger partial charge in [-0.1, -0.05) is 6.07 Å². The van der Waals surface area contributed by atoms with Gasteiger partial charge in [0, 0.05) is 0 Å². The van der Waals surface area contributed by atoms with Gasteiger partial charge in [-0.05, 0) is 42.8 Å². The van der Waals surface area contributed by atoms with Gasteiger partial charge in [0.25, 0.3) is 0 Å². The molecule has 0 aliphatic heterocycles. The highest BCUT2D eigenvalue weighted by atomic mass is 35.5. The number of imidazole rings is 1. The van der Waals surface area contributed by atoms with E-state index in [4.69, 9.17) is 16.3 Å². The lowest BCUT2D eigenvalue weighted by Gasteiger charge is -2.11. The molecule has 5 heteroatoms. The smallest absolute Gasteiger partial charge is 0.146 e. The summed E-state index contributed by atoms with van der Waals surface area (Å²) < 4.78 is 20.6. The molecule has 0 N–H and O–H groups in total. The molecule has 1 aromatic heterocycles. The molecule has 0 bridgehead atoms. The topological polar surface area (TPSA) is 27.1 Å². The van der Waals surface area contributed by atoms with E-state index < -0.39 is 0 Å². The Morgan fingerprint density at radius 3 is 2.76 bits per heavy atom. The van der Waals surface area contributed by atoms with Crippen LogP contribution in [-0.2, 0) is 5.88 Å². The van der Waals surface area contributed by atoms with E-state index in [0.717, 1.165) is 22.3 Å². The van der Waals surface area contributed by atoms with Crippen LogP contribution in [0.2, 0.25) is 0 Å². The van der Waals surface area contributed by atoms with Crippen molar-refractivity contribution < 1.29 is 9.13 Å². The molecule has 0 spiro atoms. The van der Waals surface area contributed by atoms with Crippen LogP contribution in [0.15, 0.2) is 36.4 Å². The molecule has 3 aromatic rings. The predicted molar refractivity (Wildman–Crippen MR) is 81.9 cm³/mol. The summed E-state index contributed by atoms with van der Waals surface area (Å²) in [5.74, 6) is 1.39. The van der Waals surface area contributed by atoms with Gasteiger partial charge in [0.2, 0.25) is 0 Å². The number of nitrogens with zero attached hydrogens (tertiary/aromatic N) is 2. The Morgan fingerprint density at radius 2 is 2.10 bits per heavy atom. The SMILES string of the molecule is COc1cccc2c1nc(CCl)n2-c1ccc(F)cc1C. The van der Waals surface area contributed by atoms with Crippen LogP contribution in [0.3, 0.4) is 0 Å².